The Morgan fingerprint density at radius 2 is 1.29 bits per heavy atom. The van der Waals surface area contributed by atoms with E-state index in [-0.39, 0.29) is 22.3 Å². The lowest BCUT2D eigenvalue weighted by atomic mass is 9.69. The molecule has 0 atom stereocenters. The lowest BCUT2D eigenvalue weighted by Crippen LogP contribution is -2.41. The number of carboxylic acid groups (broad SMARTS) is 1. The minimum absolute atomic E-state index is 0.181. The summed E-state index contributed by atoms with van der Waals surface area (Å²) >= 11 is 0. The smallest absolute Gasteiger partial charge is 0.339 e. The molecule has 0 heterocycles. The summed E-state index contributed by atoms with van der Waals surface area (Å²) in [6, 6.07) is 16.7. The van der Waals surface area contributed by atoms with Crippen molar-refractivity contribution in [2.45, 2.75) is 5.41 Å². The largest absolute Gasteiger partial charge is 0.504 e. The molecule has 4 rings (SSSR count). The van der Waals surface area contributed by atoms with Gasteiger partial charge >= 0.3 is 5.97 Å². The molecule has 6 nitrogen and oxygen atoms in total. The van der Waals surface area contributed by atoms with E-state index in [1.54, 1.807) is 42.5 Å². The number of hydrogen-bond donors (Lipinski definition) is 3. The van der Waals surface area contributed by atoms with E-state index in [4.69, 9.17) is 0 Å². The van der Waals surface area contributed by atoms with Gasteiger partial charge in [-0.3, -0.25) is 9.59 Å². The molecule has 0 aromatic heterocycles. The number of aromatic carboxylic acids is 1. The van der Waals surface area contributed by atoms with Crippen LogP contribution in [-0.2, 0) is 5.41 Å². The molecule has 0 saturated heterocycles. The first kappa shape index (κ1) is 17.5. The quantitative estimate of drug-likeness (QED) is 0.480. The molecule has 0 fully saturated rings. The fourth-order valence-corrected chi connectivity index (χ4v) is 3.85. The van der Waals surface area contributed by atoms with Crippen molar-refractivity contribution >= 4 is 17.5 Å². The van der Waals surface area contributed by atoms with Crippen molar-refractivity contribution in [3.8, 4) is 11.5 Å². The monoisotopic (exact) mass is 374 g/mol. The zero-order valence-corrected chi connectivity index (χ0v) is 14.4. The third kappa shape index (κ3) is 2.11. The van der Waals surface area contributed by atoms with E-state index < -0.39 is 40.0 Å². The summed E-state index contributed by atoms with van der Waals surface area (Å²) in [5.74, 6) is -4.26. The maximum atomic E-state index is 13.5. The van der Waals surface area contributed by atoms with Crippen LogP contribution >= 0.6 is 0 Å². The molecule has 3 aromatic rings. The van der Waals surface area contributed by atoms with Gasteiger partial charge in [0.25, 0.3) is 0 Å². The third-order valence-electron chi connectivity index (χ3n) is 5.08. The lowest BCUT2D eigenvalue weighted by molar-refractivity contribution is 0.0690. The maximum absolute atomic E-state index is 13.5. The zero-order chi connectivity index (χ0) is 20.1. The van der Waals surface area contributed by atoms with Crippen LogP contribution in [0.5, 0.6) is 11.5 Å². The first-order valence-corrected chi connectivity index (χ1v) is 8.43. The van der Waals surface area contributed by atoms with Crippen molar-refractivity contribution in [2.75, 3.05) is 0 Å². The Labute approximate surface area is 159 Å². The van der Waals surface area contributed by atoms with E-state index in [0.29, 0.717) is 0 Å². The highest BCUT2D eigenvalue weighted by Gasteiger charge is 2.57. The molecule has 1 aliphatic carbocycles. The van der Waals surface area contributed by atoms with Crippen LogP contribution < -0.4 is 0 Å². The number of Topliss-reactive ketones (excluding diaryl/α,β-unsaturated/α-hetero) is 2. The van der Waals surface area contributed by atoms with Crippen LogP contribution in [0.2, 0.25) is 0 Å². The third-order valence-corrected chi connectivity index (χ3v) is 5.08. The van der Waals surface area contributed by atoms with Gasteiger partial charge < -0.3 is 15.3 Å². The molecule has 0 aliphatic heterocycles. The van der Waals surface area contributed by atoms with Crippen LogP contribution in [0.3, 0.4) is 0 Å². The summed E-state index contributed by atoms with van der Waals surface area (Å²) in [6.07, 6.45) is 0. The molecule has 0 saturated carbocycles. The molecule has 3 N–H and O–H groups in total. The summed E-state index contributed by atoms with van der Waals surface area (Å²) in [6.45, 7) is 0. The van der Waals surface area contributed by atoms with Gasteiger partial charge in [0.15, 0.2) is 23.1 Å². The first-order valence-electron chi connectivity index (χ1n) is 8.43. The predicted molar refractivity (Wildman–Crippen MR) is 99.1 cm³/mol. The number of benzene rings is 3. The summed E-state index contributed by atoms with van der Waals surface area (Å²) < 4.78 is 0. The average molecular weight is 374 g/mol. The van der Waals surface area contributed by atoms with Crippen molar-refractivity contribution in [1.82, 2.24) is 0 Å². The van der Waals surface area contributed by atoms with Crippen molar-refractivity contribution in [3.63, 3.8) is 0 Å². The number of aromatic hydroxyl groups is 2. The predicted octanol–water partition coefficient (Wildman–Crippen LogP) is 3.16. The SMILES string of the molecule is O=C(O)c1c(C2(c3ccccc3)C(=O)c3ccccc3C2=O)ccc(O)c1O. The Morgan fingerprint density at radius 1 is 0.750 bits per heavy atom. The van der Waals surface area contributed by atoms with E-state index in [9.17, 15) is 29.7 Å². The summed E-state index contributed by atoms with van der Waals surface area (Å²) in [5, 5.41) is 29.7. The number of carboxylic acids is 1. The van der Waals surface area contributed by atoms with Crippen molar-refractivity contribution < 1.29 is 29.7 Å². The van der Waals surface area contributed by atoms with Gasteiger partial charge in [0.1, 0.15) is 11.0 Å². The van der Waals surface area contributed by atoms with E-state index in [1.165, 1.54) is 18.2 Å². The molecular formula is C22H14O6. The fraction of sp³-hybridized carbons (Fsp3) is 0.0455. The Hall–Kier alpha value is -3.93. The van der Waals surface area contributed by atoms with Crippen molar-refractivity contribution in [2.24, 2.45) is 0 Å². The highest BCUT2D eigenvalue weighted by atomic mass is 16.4. The van der Waals surface area contributed by atoms with Gasteiger partial charge in [0.2, 0.25) is 0 Å². The molecular weight excluding hydrogens is 360 g/mol. The summed E-state index contributed by atoms with van der Waals surface area (Å²) in [7, 11) is 0. The van der Waals surface area contributed by atoms with Gasteiger partial charge in [0.05, 0.1) is 0 Å². The Bertz CT molecular complexity index is 1110. The van der Waals surface area contributed by atoms with E-state index >= 15 is 0 Å². The average Bonchev–Trinajstić information content (AvgIpc) is 2.93. The van der Waals surface area contributed by atoms with Crippen LogP contribution in [0.25, 0.3) is 0 Å². The molecule has 6 heteroatoms. The molecule has 0 spiro atoms. The van der Waals surface area contributed by atoms with Crippen LogP contribution in [0.15, 0.2) is 66.7 Å². The zero-order valence-electron chi connectivity index (χ0n) is 14.4. The number of carbonyl (C=O) groups excluding carboxylic acids is 2. The number of fused-ring (bicyclic) bond motifs is 1. The minimum atomic E-state index is -1.97. The van der Waals surface area contributed by atoms with Gasteiger partial charge in [-0.1, -0.05) is 60.7 Å². The minimum Gasteiger partial charge on any atom is -0.504 e. The molecule has 3 aromatic carbocycles. The first-order chi connectivity index (χ1) is 13.4. The molecule has 28 heavy (non-hydrogen) atoms. The second kappa shape index (κ2) is 6.06. The van der Waals surface area contributed by atoms with Gasteiger partial charge in [-0.15, -0.1) is 0 Å². The number of carbonyl (C=O) groups is 3. The fourth-order valence-electron chi connectivity index (χ4n) is 3.85. The van der Waals surface area contributed by atoms with Crippen LogP contribution in [0.1, 0.15) is 42.2 Å². The maximum Gasteiger partial charge on any atom is 0.339 e. The summed E-state index contributed by atoms with van der Waals surface area (Å²) in [5.41, 5.74) is -2.19. The Kier molecular flexibility index (Phi) is 3.78. The highest BCUT2D eigenvalue weighted by Crippen LogP contribution is 2.48. The van der Waals surface area contributed by atoms with E-state index in [1.807, 2.05) is 0 Å². The molecule has 0 amide bonds. The highest BCUT2D eigenvalue weighted by molar-refractivity contribution is 6.35. The van der Waals surface area contributed by atoms with Crippen LogP contribution in [-0.4, -0.2) is 32.9 Å². The molecule has 0 bridgehead atoms. The Morgan fingerprint density at radius 3 is 1.82 bits per heavy atom. The molecule has 0 radical (unpaired) electrons. The second-order valence-electron chi connectivity index (χ2n) is 6.48. The number of rotatable bonds is 3. The van der Waals surface area contributed by atoms with Gasteiger partial charge in [-0.2, -0.15) is 0 Å². The van der Waals surface area contributed by atoms with Gasteiger partial charge in [-0.05, 0) is 17.2 Å². The van der Waals surface area contributed by atoms with Crippen LogP contribution in [0.4, 0.5) is 0 Å². The standard InChI is InChI=1S/C22H14O6/c23-16-11-10-15(17(18(16)24)21(27)28)22(12-6-2-1-3-7-12)19(25)13-8-4-5-9-14(13)20(22)26/h1-11,23-24H,(H,27,28). The van der Waals surface area contributed by atoms with Crippen LogP contribution in [0, 0.1) is 0 Å². The van der Waals surface area contributed by atoms with Gasteiger partial charge in [-0.25, -0.2) is 4.79 Å². The number of phenols is 2. The number of hydrogen-bond acceptors (Lipinski definition) is 5. The molecule has 0 unspecified atom stereocenters. The van der Waals surface area contributed by atoms with E-state index in [2.05, 4.69) is 0 Å². The molecule has 1 aliphatic rings. The lowest BCUT2D eigenvalue weighted by Gasteiger charge is -2.29. The van der Waals surface area contributed by atoms with Crippen molar-refractivity contribution in [3.05, 3.63) is 94.5 Å². The summed E-state index contributed by atoms with van der Waals surface area (Å²) in [4.78, 5) is 39.0. The topological polar surface area (TPSA) is 112 Å². The van der Waals surface area contributed by atoms with Gasteiger partial charge in [0, 0.05) is 11.1 Å². The van der Waals surface area contributed by atoms with Crippen molar-refractivity contribution in [1.29, 1.82) is 0 Å². The number of phenolic OH excluding ortho intramolecular Hbond substituents is 1. The molecule has 138 valence electrons. The van der Waals surface area contributed by atoms with E-state index in [0.717, 1.165) is 6.07 Å². The number of ketones is 2. The second-order valence-corrected chi connectivity index (χ2v) is 6.48. The normalized spacial score (nSPS) is 14.7. The Balaban J connectivity index is 2.16.